The minimum atomic E-state index is 0.0798. The molecule has 1 aliphatic rings. The van der Waals surface area contributed by atoms with Crippen molar-refractivity contribution in [2.45, 2.75) is 32.6 Å². The van der Waals surface area contributed by atoms with Crippen LogP contribution in [0, 0.1) is 5.41 Å². The quantitative estimate of drug-likeness (QED) is 0.664. The lowest BCUT2D eigenvalue weighted by Gasteiger charge is -2.27. The van der Waals surface area contributed by atoms with E-state index in [0.717, 1.165) is 30.6 Å². The van der Waals surface area contributed by atoms with E-state index in [1.54, 1.807) is 0 Å². The number of guanidine groups is 1. The Kier molecular flexibility index (Phi) is 3.65. The second kappa shape index (κ2) is 5.60. The Labute approximate surface area is 125 Å². The Hall–Kier alpha value is -2.29. The molecule has 2 aromatic carbocycles. The van der Waals surface area contributed by atoms with E-state index in [0.29, 0.717) is 0 Å². The number of nitrogens with one attached hydrogen (secondary N) is 1. The molecule has 0 bridgehead atoms. The predicted octanol–water partition coefficient (Wildman–Crippen LogP) is 3.77. The van der Waals surface area contributed by atoms with E-state index >= 15 is 0 Å². The summed E-state index contributed by atoms with van der Waals surface area (Å²) in [5, 5.41) is 8.06. The van der Waals surface area contributed by atoms with Gasteiger partial charge in [0.15, 0.2) is 5.96 Å². The highest BCUT2D eigenvalue weighted by atomic mass is 15.2. The van der Waals surface area contributed by atoms with E-state index in [4.69, 9.17) is 11.1 Å². The van der Waals surface area contributed by atoms with Crippen molar-refractivity contribution in [3.8, 4) is 0 Å². The maximum atomic E-state index is 8.06. The van der Waals surface area contributed by atoms with E-state index in [1.165, 1.54) is 23.1 Å². The Morgan fingerprint density at radius 3 is 2.62 bits per heavy atom. The number of para-hydroxylation sites is 1. The van der Waals surface area contributed by atoms with Crippen LogP contribution in [0.3, 0.4) is 0 Å². The van der Waals surface area contributed by atoms with E-state index in [9.17, 15) is 0 Å². The highest BCUT2D eigenvalue weighted by Crippen LogP contribution is 2.36. The number of benzene rings is 2. The van der Waals surface area contributed by atoms with Gasteiger partial charge in [-0.05, 0) is 54.5 Å². The van der Waals surface area contributed by atoms with Crippen molar-refractivity contribution in [1.29, 1.82) is 5.41 Å². The van der Waals surface area contributed by atoms with Crippen LogP contribution in [0.1, 0.15) is 30.0 Å². The van der Waals surface area contributed by atoms with Crippen LogP contribution < -0.4 is 10.6 Å². The van der Waals surface area contributed by atoms with Crippen molar-refractivity contribution in [2.24, 2.45) is 5.73 Å². The third kappa shape index (κ3) is 2.40. The Balaban J connectivity index is 2.16. The number of fused-ring (bicyclic) bond motifs is 1. The van der Waals surface area contributed by atoms with E-state index in [-0.39, 0.29) is 5.96 Å². The minimum Gasteiger partial charge on any atom is -0.369 e. The van der Waals surface area contributed by atoms with Gasteiger partial charge in [-0.15, -0.1) is 0 Å². The number of aryl methyl sites for hydroxylation is 2. The SMILES string of the molecule is CCc1ccccc1N(C(=N)N)c1cccc2c1CCC2. The number of rotatable bonds is 3. The highest BCUT2D eigenvalue weighted by Gasteiger charge is 2.22. The summed E-state index contributed by atoms with van der Waals surface area (Å²) in [4.78, 5) is 1.89. The van der Waals surface area contributed by atoms with Crippen LogP contribution in [0.4, 0.5) is 11.4 Å². The van der Waals surface area contributed by atoms with Gasteiger partial charge in [-0.1, -0.05) is 37.3 Å². The van der Waals surface area contributed by atoms with Crippen LogP contribution >= 0.6 is 0 Å². The highest BCUT2D eigenvalue weighted by molar-refractivity contribution is 6.01. The molecule has 3 rings (SSSR count). The molecule has 21 heavy (non-hydrogen) atoms. The third-order valence-electron chi connectivity index (χ3n) is 4.22. The van der Waals surface area contributed by atoms with Gasteiger partial charge >= 0.3 is 0 Å². The lowest BCUT2D eigenvalue weighted by Crippen LogP contribution is -2.33. The molecule has 3 nitrogen and oxygen atoms in total. The molecular formula is C18H21N3. The number of hydrogen-bond acceptors (Lipinski definition) is 1. The predicted molar refractivity (Wildman–Crippen MR) is 88.3 cm³/mol. The zero-order valence-corrected chi connectivity index (χ0v) is 12.4. The van der Waals surface area contributed by atoms with Crippen molar-refractivity contribution in [1.82, 2.24) is 0 Å². The van der Waals surface area contributed by atoms with Crippen molar-refractivity contribution in [2.75, 3.05) is 4.90 Å². The van der Waals surface area contributed by atoms with Crippen molar-refractivity contribution in [3.63, 3.8) is 0 Å². The monoisotopic (exact) mass is 279 g/mol. The Bertz CT molecular complexity index is 676. The molecule has 0 saturated carbocycles. The third-order valence-corrected chi connectivity index (χ3v) is 4.22. The molecule has 1 aliphatic carbocycles. The Morgan fingerprint density at radius 1 is 1.10 bits per heavy atom. The molecular weight excluding hydrogens is 258 g/mol. The first-order chi connectivity index (χ1) is 10.2. The second-order valence-electron chi connectivity index (χ2n) is 5.47. The molecule has 108 valence electrons. The molecule has 0 saturated heterocycles. The largest absolute Gasteiger partial charge is 0.369 e. The summed E-state index contributed by atoms with van der Waals surface area (Å²) in [5.74, 6) is 0.0798. The number of nitrogens with zero attached hydrogens (tertiary/aromatic N) is 1. The summed E-state index contributed by atoms with van der Waals surface area (Å²) in [7, 11) is 0. The van der Waals surface area contributed by atoms with Crippen LogP contribution in [-0.4, -0.2) is 5.96 Å². The van der Waals surface area contributed by atoms with E-state index in [2.05, 4.69) is 37.3 Å². The van der Waals surface area contributed by atoms with Crippen LogP contribution in [0.2, 0.25) is 0 Å². The summed E-state index contributed by atoms with van der Waals surface area (Å²) in [5.41, 5.74) is 12.0. The van der Waals surface area contributed by atoms with Gasteiger partial charge in [0.25, 0.3) is 0 Å². The average molecular weight is 279 g/mol. The molecule has 3 N–H and O–H groups in total. The molecule has 0 aromatic heterocycles. The molecule has 0 amide bonds. The van der Waals surface area contributed by atoms with Gasteiger partial charge < -0.3 is 5.73 Å². The van der Waals surface area contributed by atoms with Crippen LogP contribution in [0.15, 0.2) is 42.5 Å². The van der Waals surface area contributed by atoms with Gasteiger partial charge in [-0.25, -0.2) is 0 Å². The summed E-state index contributed by atoms with van der Waals surface area (Å²) in [6, 6.07) is 14.5. The maximum Gasteiger partial charge on any atom is 0.197 e. The van der Waals surface area contributed by atoms with Crippen LogP contribution in [-0.2, 0) is 19.3 Å². The molecule has 0 atom stereocenters. The molecule has 0 aliphatic heterocycles. The zero-order valence-electron chi connectivity index (χ0n) is 12.4. The number of hydrogen-bond donors (Lipinski definition) is 2. The molecule has 2 aromatic rings. The van der Waals surface area contributed by atoms with Crippen LogP contribution in [0.5, 0.6) is 0 Å². The first kappa shape index (κ1) is 13.7. The molecule has 0 radical (unpaired) electrons. The second-order valence-corrected chi connectivity index (χ2v) is 5.47. The fraction of sp³-hybridized carbons (Fsp3) is 0.278. The number of anilines is 2. The van der Waals surface area contributed by atoms with Gasteiger partial charge in [-0.2, -0.15) is 0 Å². The van der Waals surface area contributed by atoms with E-state index < -0.39 is 0 Å². The zero-order chi connectivity index (χ0) is 14.8. The van der Waals surface area contributed by atoms with Gasteiger partial charge in [0.1, 0.15) is 0 Å². The molecule has 0 unspecified atom stereocenters. The number of nitrogens with two attached hydrogens (primary N) is 1. The summed E-state index contributed by atoms with van der Waals surface area (Å²) < 4.78 is 0. The molecule has 0 heterocycles. The fourth-order valence-electron chi connectivity index (χ4n) is 3.23. The van der Waals surface area contributed by atoms with Gasteiger partial charge in [0.2, 0.25) is 0 Å². The molecule has 0 spiro atoms. The van der Waals surface area contributed by atoms with E-state index in [1.807, 2.05) is 17.0 Å². The first-order valence-corrected chi connectivity index (χ1v) is 7.55. The van der Waals surface area contributed by atoms with Crippen molar-refractivity contribution in [3.05, 3.63) is 59.2 Å². The lowest BCUT2D eigenvalue weighted by atomic mass is 10.0. The smallest absolute Gasteiger partial charge is 0.197 e. The minimum absolute atomic E-state index is 0.0798. The van der Waals surface area contributed by atoms with Gasteiger partial charge in [-0.3, -0.25) is 10.3 Å². The fourth-order valence-corrected chi connectivity index (χ4v) is 3.23. The van der Waals surface area contributed by atoms with Gasteiger partial charge in [0, 0.05) is 0 Å². The van der Waals surface area contributed by atoms with Gasteiger partial charge in [0.05, 0.1) is 11.4 Å². The average Bonchev–Trinajstić information content (AvgIpc) is 2.97. The van der Waals surface area contributed by atoms with Crippen molar-refractivity contribution >= 4 is 17.3 Å². The normalized spacial score (nSPS) is 13.0. The Morgan fingerprint density at radius 2 is 1.86 bits per heavy atom. The van der Waals surface area contributed by atoms with Crippen molar-refractivity contribution < 1.29 is 0 Å². The summed E-state index contributed by atoms with van der Waals surface area (Å²) >= 11 is 0. The van der Waals surface area contributed by atoms with Crippen LogP contribution in [0.25, 0.3) is 0 Å². The maximum absolute atomic E-state index is 8.06. The standard InChI is InChI=1S/C18H21N3/c1-2-13-7-3-4-11-16(13)21(18(19)20)17-12-6-9-14-8-5-10-15(14)17/h3-4,6-7,9,11-12H,2,5,8,10H2,1H3,(H3,19,20). The summed E-state index contributed by atoms with van der Waals surface area (Å²) in [6.45, 7) is 2.13. The molecule has 3 heteroatoms. The topological polar surface area (TPSA) is 53.1 Å². The summed E-state index contributed by atoms with van der Waals surface area (Å²) in [6.07, 6.45) is 4.32. The first-order valence-electron chi connectivity index (χ1n) is 7.55. The molecule has 0 fully saturated rings. The lowest BCUT2D eigenvalue weighted by molar-refractivity contribution is 0.911.